The number of aryl methyl sites for hydroxylation is 1. The molecule has 0 aliphatic carbocycles. The number of thiophene rings is 1. The molecule has 3 N–H and O–H groups in total. The van der Waals surface area contributed by atoms with Crippen LogP contribution >= 0.6 is 22.9 Å². The number of rotatable bonds is 4. The SMILES string of the molecule is Cc1csc(C(NN)c2ccccc2OC(F)(F)F)c1Cl. The van der Waals surface area contributed by atoms with Crippen LogP contribution in [0.15, 0.2) is 29.6 Å². The Bertz CT molecular complexity index is 630. The van der Waals surface area contributed by atoms with E-state index in [-0.39, 0.29) is 11.3 Å². The first-order valence-electron chi connectivity index (χ1n) is 5.87. The third-order valence-corrected chi connectivity index (χ3v) is 4.59. The van der Waals surface area contributed by atoms with Gasteiger partial charge in [-0.3, -0.25) is 5.84 Å². The van der Waals surface area contributed by atoms with Gasteiger partial charge in [-0.1, -0.05) is 29.8 Å². The van der Waals surface area contributed by atoms with Crippen LogP contribution in [-0.2, 0) is 0 Å². The standard InChI is InChI=1S/C13H12ClF3N2OS/c1-7-6-21-12(10(7)14)11(19-18)8-4-2-3-5-9(8)20-13(15,16)17/h2-6,11,19H,18H2,1H3. The molecule has 3 nitrogen and oxygen atoms in total. The van der Waals surface area contributed by atoms with E-state index in [1.54, 1.807) is 6.07 Å². The summed E-state index contributed by atoms with van der Waals surface area (Å²) in [4.78, 5) is 0.634. The molecule has 21 heavy (non-hydrogen) atoms. The molecule has 0 radical (unpaired) electrons. The van der Waals surface area contributed by atoms with Crippen molar-refractivity contribution in [3.8, 4) is 5.75 Å². The molecule has 0 amide bonds. The average Bonchev–Trinajstić information content (AvgIpc) is 2.72. The lowest BCUT2D eigenvalue weighted by Gasteiger charge is -2.20. The Morgan fingerprint density at radius 1 is 1.33 bits per heavy atom. The summed E-state index contributed by atoms with van der Waals surface area (Å²) in [7, 11) is 0. The Balaban J connectivity index is 2.46. The smallest absolute Gasteiger partial charge is 0.405 e. The molecular formula is C13H12ClF3N2OS. The number of alkyl halides is 3. The normalized spacial score (nSPS) is 13.2. The van der Waals surface area contributed by atoms with E-state index in [2.05, 4.69) is 10.2 Å². The molecule has 0 bridgehead atoms. The minimum atomic E-state index is -4.77. The van der Waals surface area contributed by atoms with Crippen LogP contribution in [0.5, 0.6) is 5.75 Å². The molecule has 2 rings (SSSR count). The quantitative estimate of drug-likeness (QED) is 0.651. The van der Waals surface area contributed by atoms with Crippen molar-refractivity contribution in [2.24, 2.45) is 5.84 Å². The highest BCUT2D eigenvalue weighted by molar-refractivity contribution is 7.10. The Hall–Kier alpha value is -1.28. The maximum atomic E-state index is 12.5. The molecule has 1 aromatic heterocycles. The van der Waals surface area contributed by atoms with Gasteiger partial charge < -0.3 is 4.74 Å². The van der Waals surface area contributed by atoms with Crippen molar-refractivity contribution >= 4 is 22.9 Å². The average molecular weight is 337 g/mol. The Morgan fingerprint density at radius 3 is 2.52 bits per heavy atom. The number of hydrogen-bond donors (Lipinski definition) is 2. The second-order valence-electron chi connectivity index (χ2n) is 4.28. The fourth-order valence-electron chi connectivity index (χ4n) is 1.89. The van der Waals surface area contributed by atoms with Gasteiger partial charge in [0, 0.05) is 10.4 Å². The van der Waals surface area contributed by atoms with Crippen molar-refractivity contribution in [2.45, 2.75) is 19.3 Å². The van der Waals surface area contributed by atoms with Crippen LogP contribution in [0.2, 0.25) is 5.02 Å². The van der Waals surface area contributed by atoms with Gasteiger partial charge in [0.2, 0.25) is 0 Å². The minimum Gasteiger partial charge on any atom is -0.405 e. The zero-order valence-corrected chi connectivity index (χ0v) is 12.4. The van der Waals surface area contributed by atoms with Gasteiger partial charge >= 0.3 is 6.36 Å². The van der Waals surface area contributed by atoms with E-state index in [1.807, 2.05) is 12.3 Å². The van der Waals surface area contributed by atoms with E-state index in [0.29, 0.717) is 9.90 Å². The van der Waals surface area contributed by atoms with Crippen molar-refractivity contribution in [3.63, 3.8) is 0 Å². The predicted octanol–water partition coefficient (Wildman–Crippen LogP) is 4.16. The molecule has 114 valence electrons. The largest absolute Gasteiger partial charge is 0.573 e. The van der Waals surface area contributed by atoms with Crippen molar-refractivity contribution in [1.82, 2.24) is 5.43 Å². The molecule has 0 saturated carbocycles. The number of nitrogens with one attached hydrogen (secondary N) is 1. The van der Waals surface area contributed by atoms with Gasteiger partial charge in [0.05, 0.1) is 11.1 Å². The van der Waals surface area contributed by atoms with Gasteiger partial charge in [-0.2, -0.15) is 0 Å². The fourth-order valence-corrected chi connectivity index (χ4v) is 3.27. The number of halogens is 4. The first-order valence-corrected chi connectivity index (χ1v) is 7.13. The van der Waals surface area contributed by atoms with Gasteiger partial charge in [-0.25, -0.2) is 5.43 Å². The lowest BCUT2D eigenvalue weighted by molar-refractivity contribution is -0.275. The summed E-state index contributed by atoms with van der Waals surface area (Å²) in [5.74, 6) is 5.20. The Labute approximate surface area is 128 Å². The summed E-state index contributed by atoms with van der Waals surface area (Å²) in [6.07, 6.45) is -4.77. The van der Waals surface area contributed by atoms with Crippen LogP contribution in [0, 0.1) is 6.92 Å². The van der Waals surface area contributed by atoms with E-state index >= 15 is 0 Å². The number of ether oxygens (including phenoxy) is 1. The van der Waals surface area contributed by atoms with E-state index in [4.69, 9.17) is 17.4 Å². The van der Waals surface area contributed by atoms with Crippen LogP contribution in [0.1, 0.15) is 22.0 Å². The summed E-state index contributed by atoms with van der Waals surface area (Å²) in [5, 5.41) is 2.29. The van der Waals surface area contributed by atoms with Crippen molar-refractivity contribution in [2.75, 3.05) is 0 Å². The minimum absolute atomic E-state index is 0.265. The summed E-state index contributed by atoms with van der Waals surface area (Å²) < 4.78 is 41.5. The molecule has 8 heteroatoms. The third-order valence-electron chi connectivity index (χ3n) is 2.81. The van der Waals surface area contributed by atoms with E-state index in [9.17, 15) is 13.2 Å². The topological polar surface area (TPSA) is 47.3 Å². The second kappa shape index (κ2) is 6.23. The summed E-state index contributed by atoms with van der Waals surface area (Å²) >= 11 is 7.49. The summed E-state index contributed by atoms with van der Waals surface area (Å²) in [5.41, 5.74) is 3.60. The van der Waals surface area contributed by atoms with Gasteiger partial charge in [-0.15, -0.1) is 24.5 Å². The molecule has 1 aromatic carbocycles. The van der Waals surface area contributed by atoms with E-state index < -0.39 is 12.4 Å². The highest BCUT2D eigenvalue weighted by Gasteiger charge is 2.33. The van der Waals surface area contributed by atoms with Gasteiger partial charge in [0.1, 0.15) is 5.75 Å². The number of benzene rings is 1. The number of hydrazine groups is 1. The van der Waals surface area contributed by atoms with Gasteiger partial charge in [-0.05, 0) is 23.9 Å². The van der Waals surface area contributed by atoms with E-state index in [1.165, 1.54) is 29.5 Å². The predicted molar refractivity (Wildman–Crippen MR) is 76.4 cm³/mol. The second-order valence-corrected chi connectivity index (χ2v) is 5.57. The van der Waals surface area contributed by atoms with Crippen LogP contribution in [0.4, 0.5) is 13.2 Å². The molecule has 0 aliphatic heterocycles. The van der Waals surface area contributed by atoms with Crippen molar-refractivity contribution in [1.29, 1.82) is 0 Å². The molecule has 0 spiro atoms. The zero-order valence-electron chi connectivity index (χ0n) is 10.9. The number of nitrogens with two attached hydrogens (primary N) is 1. The maximum Gasteiger partial charge on any atom is 0.573 e. The Morgan fingerprint density at radius 2 is 2.00 bits per heavy atom. The Kier molecular flexibility index (Phi) is 4.77. The first-order chi connectivity index (χ1) is 9.83. The van der Waals surface area contributed by atoms with Crippen LogP contribution in [0.3, 0.4) is 0 Å². The highest BCUT2D eigenvalue weighted by Crippen LogP contribution is 2.39. The van der Waals surface area contributed by atoms with Gasteiger partial charge in [0.25, 0.3) is 0 Å². The van der Waals surface area contributed by atoms with Gasteiger partial charge in [0.15, 0.2) is 0 Å². The monoisotopic (exact) mass is 336 g/mol. The summed E-state index contributed by atoms with van der Waals surface area (Å²) in [6.45, 7) is 1.81. The lowest BCUT2D eigenvalue weighted by atomic mass is 10.0. The molecule has 1 atom stereocenters. The molecule has 0 fully saturated rings. The highest BCUT2D eigenvalue weighted by atomic mass is 35.5. The fraction of sp³-hybridized carbons (Fsp3) is 0.231. The lowest BCUT2D eigenvalue weighted by Crippen LogP contribution is -2.29. The molecular weight excluding hydrogens is 325 g/mol. The molecule has 0 saturated heterocycles. The first kappa shape index (κ1) is 16.1. The molecule has 1 unspecified atom stereocenters. The molecule has 2 aromatic rings. The van der Waals surface area contributed by atoms with Crippen LogP contribution < -0.4 is 16.0 Å². The number of hydrogen-bond acceptors (Lipinski definition) is 4. The maximum absolute atomic E-state index is 12.5. The molecule has 1 heterocycles. The zero-order chi connectivity index (χ0) is 15.6. The summed E-state index contributed by atoms with van der Waals surface area (Å²) in [6, 6.07) is 5.13. The van der Waals surface area contributed by atoms with Crippen LogP contribution in [0.25, 0.3) is 0 Å². The number of para-hydroxylation sites is 1. The van der Waals surface area contributed by atoms with Crippen molar-refractivity contribution in [3.05, 3.63) is 50.7 Å². The van der Waals surface area contributed by atoms with Crippen LogP contribution in [-0.4, -0.2) is 6.36 Å². The molecule has 0 aliphatic rings. The van der Waals surface area contributed by atoms with E-state index in [0.717, 1.165) is 5.56 Å². The van der Waals surface area contributed by atoms with Crippen molar-refractivity contribution < 1.29 is 17.9 Å². The third kappa shape index (κ3) is 3.68.